The van der Waals surface area contributed by atoms with Gasteiger partial charge in [-0.15, -0.1) is 0 Å². The van der Waals surface area contributed by atoms with Gasteiger partial charge in [-0.2, -0.15) is 0 Å². The van der Waals surface area contributed by atoms with Crippen molar-refractivity contribution in [2.24, 2.45) is 5.92 Å². The van der Waals surface area contributed by atoms with Gasteiger partial charge in [-0.05, 0) is 25.2 Å². The van der Waals surface area contributed by atoms with Crippen molar-refractivity contribution < 1.29 is 9.59 Å². The molecule has 2 rings (SSSR count). The van der Waals surface area contributed by atoms with E-state index in [9.17, 15) is 9.59 Å². The third-order valence-corrected chi connectivity index (χ3v) is 4.60. The van der Waals surface area contributed by atoms with Gasteiger partial charge in [-0.1, -0.05) is 32.6 Å². The standard InChI is InChI=1S/C15H26N2O2/c1-3-5-11-6-4-7-12(9-8-11)16-13-10-14(18)17(2)15(13)19/h11-13,16H,3-10H2,1-2H3. The number of amides is 2. The molecule has 108 valence electrons. The summed E-state index contributed by atoms with van der Waals surface area (Å²) in [6, 6.07) is 0.139. The Bertz CT molecular complexity index is 343. The summed E-state index contributed by atoms with van der Waals surface area (Å²) in [6.07, 6.45) is 9.05. The Kier molecular flexibility index (Phi) is 4.97. The zero-order chi connectivity index (χ0) is 13.8. The number of likely N-dealkylation sites (tertiary alicyclic amines) is 1. The van der Waals surface area contributed by atoms with Crippen LogP contribution in [0.2, 0.25) is 0 Å². The van der Waals surface area contributed by atoms with E-state index < -0.39 is 0 Å². The van der Waals surface area contributed by atoms with Crippen molar-refractivity contribution in [1.29, 1.82) is 0 Å². The van der Waals surface area contributed by atoms with Gasteiger partial charge in [-0.3, -0.25) is 14.5 Å². The highest BCUT2D eigenvalue weighted by Crippen LogP contribution is 2.27. The van der Waals surface area contributed by atoms with Crippen molar-refractivity contribution in [3.8, 4) is 0 Å². The lowest BCUT2D eigenvalue weighted by Gasteiger charge is -2.20. The zero-order valence-corrected chi connectivity index (χ0v) is 12.2. The van der Waals surface area contributed by atoms with Crippen LogP contribution in [0.1, 0.15) is 58.3 Å². The van der Waals surface area contributed by atoms with E-state index >= 15 is 0 Å². The van der Waals surface area contributed by atoms with E-state index in [4.69, 9.17) is 0 Å². The normalized spacial score (nSPS) is 32.7. The Morgan fingerprint density at radius 2 is 2.00 bits per heavy atom. The van der Waals surface area contributed by atoms with Crippen LogP contribution < -0.4 is 5.32 Å². The van der Waals surface area contributed by atoms with Crippen LogP contribution in [0.3, 0.4) is 0 Å². The second kappa shape index (κ2) is 6.51. The zero-order valence-electron chi connectivity index (χ0n) is 12.2. The first-order valence-corrected chi connectivity index (χ1v) is 7.68. The Labute approximate surface area is 115 Å². The molecule has 1 saturated heterocycles. The Morgan fingerprint density at radius 1 is 1.21 bits per heavy atom. The average molecular weight is 266 g/mol. The molecule has 1 saturated carbocycles. The maximum absolute atomic E-state index is 11.9. The number of nitrogens with zero attached hydrogens (tertiary/aromatic N) is 1. The SMILES string of the molecule is CCCC1CCCC(NC2CC(=O)N(C)C2=O)CC1. The monoisotopic (exact) mass is 266 g/mol. The number of hydrogen-bond donors (Lipinski definition) is 1. The molecule has 2 fully saturated rings. The van der Waals surface area contributed by atoms with Crippen molar-refractivity contribution in [2.75, 3.05) is 7.05 Å². The first-order chi connectivity index (χ1) is 9.11. The molecule has 3 unspecified atom stereocenters. The highest BCUT2D eigenvalue weighted by Gasteiger charge is 2.37. The summed E-state index contributed by atoms with van der Waals surface area (Å²) in [7, 11) is 1.58. The fraction of sp³-hybridized carbons (Fsp3) is 0.867. The number of nitrogens with one attached hydrogen (secondary N) is 1. The second-order valence-corrected chi connectivity index (χ2v) is 6.07. The molecule has 0 aromatic heterocycles. The predicted molar refractivity (Wildman–Crippen MR) is 74.6 cm³/mol. The van der Waals surface area contributed by atoms with E-state index in [0.29, 0.717) is 12.5 Å². The molecule has 4 heteroatoms. The van der Waals surface area contributed by atoms with Gasteiger partial charge in [0.25, 0.3) is 0 Å². The summed E-state index contributed by atoms with van der Waals surface area (Å²) in [5, 5.41) is 3.42. The highest BCUT2D eigenvalue weighted by atomic mass is 16.2. The van der Waals surface area contributed by atoms with Gasteiger partial charge in [0.2, 0.25) is 11.8 Å². The number of imide groups is 1. The molecule has 0 spiro atoms. The minimum atomic E-state index is -0.273. The number of hydrogen-bond acceptors (Lipinski definition) is 3. The van der Waals surface area contributed by atoms with Crippen LogP contribution >= 0.6 is 0 Å². The van der Waals surface area contributed by atoms with Crippen LogP contribution in [0.5, 0.6) is 0 Å². The van der Waals surface area contributed by atoms with Crippen molar-refractivity contribution in [1.82, 2.24) is 10.2 Å². The average Bonchev–Trinajstić information content (AvgIpc) is 2.60. The maximum Gasteiger partial charge on any atom is 0.246 e. The fourth-order valence-electron chi connectivity index (χ4n) is 3.41. The summed E-state index contributed by atoms with van der Waals surface area (Å²) in [5.41, 5.74) is 0. The summed E-state index contributed by atoms with van der Waals surface area (Å²) < 4.78 is 0. The van der Waals surface area contributed by atoms with Gasteiger partial charge < -0.3 is 5.32 Å². The largest absolute Gasteiger partial charge is 0.303 e. The molecule has 1 N–H and O–H groups in total. The van der Waals surface area contributed by atoms with Crippen LogP contribution in [0.25, 0.3) is 0 Å². The lowest BCUT2D eigenvalue weighted by atomic mass is 9.95. The van der Waals surface area contributed by atoms with Crippen molar-refractivity contribution in [3.05, 3.63) is 0 Å². The Morgan fingerprint density at radius 3 is 2.63 bits per heavy atom. The van der Waals surface area contributed by atoms with E-state index in [-0.39, 0.29) is 17.9 Å². The highest BCUT2D eigenvalue weighted by molar-refractivity contribution is 6.05. The van der Waals surface area contributed by atoms with Gasteiger partial charge in [0, 0.05) is 13.1 Å². The lowest BCUT2D eigenvalue weighted by Crippen LogP contribution is -2.42. The number of carbonyl (C=O) groups is 2. The minimum Gasteiger partial charge on any atom is -0.303 e. The molecular weight excluding hydrogens is 240 g/mol. The van der Waals surface area contributed by atoms with Gasteiger partial charge in [0.15, 0.2) is 0 Å². The molecule has 1 heterocycles. The molecule has 0 bridgehead atoms. The molecule has 1 aliphatic heterocycles. The molecule has 4 nitrogen and oxygen atoms in total. The van der Waals surface area contributed by atoms with Gasteiger partial charge >= 0.3 is 0 Å². The third-order valence-electron chi connectivity index (χ3n) is 4.60. The smallest absolute Gasteiger partial charge is 0.246 e. The summed E-state index contributed by atoms with van der Waals surface area (Å²) in [6.45, 7) is 2.25. The quantitative estimate of drug-likeness (QED) is 0.626. The molecule has 19 heavy (non-hydrogen) atoms. The Hall–Kier alpha value is -0.900. The van der Waals surface area contributed by atoms with Crippen molar-refractivity contribution in [3.63, 3.8) is 0 Å². The molecule has 0 radical (unpaired) electrons. The van der Waals surface area contributed by atoms with Gasteiger partial charge in [0.05, 0.1) is 12.5 Å². The van der Waals surface area contributed by atoms with E-state index in [0.717, 1.165) is 18.8 Å². The Balaban J connectivity index is 1.83. The van der Waals surface area contributed by atoms with Crippen LogP contribution in [-0.2, 0) is 9.59 Å². The number of carbonyl (C=O) groups excluding carboxylic acids is 2. The molecule has 1 aliphatic carbocycles. The van der Waals surface area contributed by atoms with Gasteiger partial charge in [0.1, 0.15) is 0 Å². The van der Waals surface area contributed by atoms with Crippen LogP contribution in [0.15, 0.2) is 0 Å². The fourth-order valence-corrected chi connectivity index (χ4v) is 3.41. The molecular formula is C15H26N2O2. The lowest BCUT2D eigenvalue weighted by molar-refractivity contribution is -0.137. The maximum atomic E-state index is 11.9. The first-order valence-electron chi connectivity index (χ1n) is 7.68. The number of rotatable bonds is 4. The molecule has 2 aliphatic rings. The molecule has 2 amide bonds. The first kappa shape index (κ1) is 14.5. The minimum absolute atomic E-state index is 0.0556. The van der Waals surface area contributed by atoms with Crippen molar-refractivity contribution in [2.45, 2.75) is 70.4 Å². The summed E-state index contributed by atoms with van der Waals surface area (Å²) in [4.78, 5) is 24.6. The van der Waals surface area contributed by atoms with E-state index in [1.165, 1.54) is 37.0 Å². The third kappa shape index (κ3) is 3.56. The topological polar surface area (TPSA) is 49.4 Å². The summed E-state index contributed by atoms with van der Waals surface area (Å²) >= 11 is 0. The molecule has 0 aromatic rings. The van der Waals surface area contributed by atoms with E-state index in [1.807, 2.05) is 0 Å². The second-order valence-electron chi connectivity index (χ2n) is 6.07. The summed E-state index contributed by atoms with van der Waals surface area (Å²) in [5.74, 6) is 0.750. The molecule has 3 atom stereocenters. The van der Waals surface area contributed by atoms with E-state index in [1.54, 1.807) is 7.05 Å². The van der Waals surface area contributed by atoms with E-state index in [2.05, 4.69) is 12.2 Å². The predicted octanol–water partition coefficient (Wildman–Crippen LogP) is 2.08. The van der Waals surface area contributed by atoms with Crippen LogP contribution in [-0.4, -0.2) is 35.8 Å². The van der Waals surface area contributed by atoms with Crippen LogP contribution in [0, 0.1) is 5.92 Å². The van der Waals surface area contributed by atoms with Crippen molar-refractivity contribution >= 4 is 11.8 Å². The molecule has 0 aromatic carbocycles. The van der Waals surface area contributed by atoms with Crippen LogP contribution in [0.4, 0.5) is 0 Å². The number of likely N-dealkylation sites (N-methyl/N-ethyl adjacent to an activating group) is 1. The van der Waals surface area contributed by atoms with Gasteiger partial charge in [-0.25, -0.2) is 0 Å².